The zero-order chi connectivity index (χ0) is 14.7. The number of nitrogens with one attached hydrogen (secondary N) is 1. The summed E-state index contributed by atoms with van der Waals surface area (Å²) in [4.78, 5) is 0. The molecule has 0 amide bonds. The standard InChI is InChI=1S/C18H27NO/c1-6-8-16(19-7-2)17-11-15-13(5)9-10-14(12(3)4)18(15)20-17/h9-12,16,19H,6-8H2,1-5H3. The number of hydrogen-bond acceptors (Lipinski definition) is 2. The third kappa shape index (κ3) is 2.90. The van der Waals surface area contributed by atoms with Crippen LogP contribution in [0.2, 0.25) is 0 Å². The Morgan fingerprint density at radius 2 is 1.95 bits per heavy atom. The Labute approximate surface area is 122 Å². The molecule has 2 aromatic rings. The van der Waals surface area contributed by atoms with Crippen molar-refractivity contribution in [3.8, 4) is 0 Å². The molecule has 0 fully saturated rings. The highest BCUT2D eigenvalue weighted by atomic mass is 16.3. The molecule has 0 aliphatic heterocycles. The minimum Gasteiger partial charge on any atom is -0.459 e. The Morgan fingerprint density at radius 1 is 1.20 bits per heavy atom. The summed E-state index contributed by atoms with van der Waals surface area (Å²) in [5.41, 5.74) is 3.68. The third-order valence-electron chi connectivity index (χ3n) is 3.94. The second-order valence-electron chi connectivity index (χ2n) is 5.92. The molecule has 20 heavy (non-hydrogen) atoms. The predicted molar refractivity (Wildman–Crippen MR) is 86.4 cm³/mol. The first-order chi connectivity index (χ1) is 9.58. The normalized spacial score (nSPS) is 13.3. The average molecular weight is 273 g/mol. The van der Waals surface area contributed by atoms with Gasteiger partial charge in [-0.1, -0.05) is 46.2 Å². The van der Waals surface area contributed by atoms with Crippen molar-refractivity contribution in [3.63, 3.8) is 0 Å². The summed E-state index contributed by atoms with van der Waals surface area (Å²) in [7, 11) is 0. The van der Waals surface area contributed by atoms with Gasteiger partial charge in [0.1, 0.15) is 11.3 Å². The van der Waals surface area contributed by atoms with Crippen LogP contribution in [-0.4, -0.2) is 6.54 Å². The maximum Gasteiger partial charge on any atom is 0.138 e. The predicted octanol–water partition coefficient (Wildman–Crippen LogP) is 5.32. The van der Waals surface area contributed by atoms with E-state index in [-0.39, 0.29) is 0 Å². The summed E-state index contributed by atoms with van der Waals surface area (Å²) >= 11 is 0. The molecule has 0 saturated heterocycles. The molecule has 1 heterocycles. The van der Waals surface area contributed by atoms with Crippen molar-refractivity contribution in [2.75, 3.05) is 6.54 Å². The lowest BCUT2D eigenvalue weighted by atomic mass is 9.98. The fourth-order valence-corrected chi connectivity index (χ4v) is 2.80. The molecule has 1 aromatic carbocycles. The maximum atomic E-state index is 6.25. The molecule has 2 rings (SSSR count). The SMILES string of the molecule is CCCC(NCC)c1cc2c(C)ccc(C(C)C)c2o1. The number of hydrogen-bond donors (Lipinski definition) is 1. The average Bonchev–Trinajstić information content (AvgIpc) is 2.84. The maximum absolute atomic E-state index is 6.25. The summed E-state index contributed by atoms with van der Waals surface area (Å²) in [5, 5.41) is 4.80. The number of rotatable bonds is 6. The molecule has 2 heteroatoms. The van der Waals surface area contributed by atoms with E-state index in [9.17, 15) is 0 Å². The largest absolute Gasteiger partial charge is 0.459 e. The Bertz CT molecular complexity index is 562. The molecule has 0 bridgehead atoms. The number of furan rings is 1. The van der Waals surface area contributed by atoms with Crippen LogP contribution in [0.4, 0.5) is 0 Å². The molecule has 0 aliphatic rings. The smallest absolute Gasteiger partial charge is 0.138 e. The second-order valence-corrected chi connectivity index (χ2v) is 5.92. The minimum atomic E-state index is 0.330. The van der Waals surface area contributed by atoms with Crippen molar-refractivity contribution in [1.29, 1.82) is 0 Å². The number of benzene rings is 1. The van der Waals surface area contributed by atoms with Crippen LogP contribution in [0.3, 0.4) is 0 Å². The van der Waals surface area contributed by atoms with Gasteiger partial charge in [0.2, 0.25) is 0 Å². The Balaban J connectivity index is 2.51. The summed E-state index contributed by atoms with van der Waals surface area (Å²) in [6, 6.07) is 6.98. The topological polar surface area (TPSA) is 25.2 Å². The van der Waals surface area contributed by atoms with E-state index in [4.69, 9.17) is 4.42 Å². The molecule has 1 atom stereocenters. The van der Waals surface area contributed by atoms with E-state index < -0.39 is 0 Å². The molecule has 0 radical (unpaired) electrons. The van der Waals surface area contributed by atoms with E-state index in [1.165, 1.54) is 16.5 Å². The van der Waals surface area contributed by atoms with Gasteiger partial charge in [-0.05, 0) is 43.0 Å². The van der Waals surface area contributed by atoms with Crippen molar-refractivity contribution in [2.45, 2.75) is 59.4 Å². The van der Waals surface area contributed by atoms with Gasteiger partial charge in [-0.25, -0.2) is 0 Å². The summed E-state index contributed by atoms with van der Waals surface area (Å²) in [5.74, 6) is 1.57. The van der Waals surface area contributed by atoms with Gasteiger partial charge in [0.05, 0.1) is 6.04 Å². The van der Waals surface area contributed by atoms with Gasteiger partial charge in [0.15, 0.2) is 0 Å². The van der Waals surface area contributed by atoms with E-state index in [1.807, 2.05) is 0 Å². The second kappa shape index (κ2) is 6.45. The van der Waals surface area contributed by atoms with Crippen molar-refractivity contribution in [2.24, 2.45) is 0 Å². The van der Waals surface area contributed by atoms with Crippen LogP contribution in [0.15, 0.2) is 22.6 Å². The van der Waals surface area contributed by atoms with Crippen LogP contribution in [0.25, 0.3) is 11.0 Å². The van der Waals surface area contributed by atoms with Crippen molar-refractivity contribution < 1.29 is 4.42 Å². The van der Waals surface area contributed by atoms with E-state index in [2.05, 4.69) is 58.1 Å². The quantitative estimate of drug-likeness (QED) is 0.771. The molecule has 2 nitrogen and oxygen atoms in total. The van der Waals surface area contributed by atoms with Gasteiger partial charge in [0.25, 0.3) is 0 Å². The first kappa shape index (κ1) is 15.1. The Kier molecular flexibility index (Phi) is 4.87. The molecule has 110 valence electrons. The molecule has 0 aliphatic carbocycles. The third-order valence-corrected chi connectivity index (χ3v) is 3.94. The summed E-state index contributed by atoms with van der Waals surface area (Å²) < 4.78 is 6.25. The van der Waals surface area contributed by atoms with E-state index in [0.29, 0.717) is 12.0 Å². The molecule has 1 aromatic heterocycles. The number of aryl methyl sites for hydroxylation is 1. The first-order valence-electron chi connectivity index (χ1n) is 7.84. The van der Waals surface area contributed by atoms with E-state index in [1.54, 1.807) is 0 Å². The monoisotopic (exact) mass is 273 g/mol. The van der Waals surface area contributed by atoms with Crippen LogP contribution in [0.5, 0.6) is 0 Å². The van der Waals surface area contributed by atoms with Crippen LogP contribution < -0.4 is 5.32 Å². The molecule has 1 unspecified atom stereocenters. The zero-order valence-electron chi connectivity index (χ0n) is 13.4. The Hall–Kier alpha value is -1.28. The van der Waals surface area contributed by atoms with Crippen molar-refractivity contribution in [1.82, 2.24) is 5.32 Å². The van der Waals surface area contributed by atoms with Gasteiger partial charge in [0, 0.05) is 5.39 Å². The van der Waals surface area contributed by atoms with Gasteiger partial charge in [-0.15, -0.1) is 0 Å². The Morgan fingerprint density at radius 3 is 2.55 bits per heavy atom. The van der Waals surface area contributed by atoms with Crippen LogP contribution in [-0.2, 0) is 0 Å². The highest BCUT2D eigenvalue weighted by Crippen LogP contribution is 2.33. The fraction of sp³-hybridized carbons (Fsp3) is 0.556. The summed E-state index contributed by atoms with van der Waals surface area (Å²) in [6.07, 6.45) is 2.27. The highest BCUT2D eigenvalue weighted by molar-refractivity contribution is 5.85. The lowest BCUT2D eigenvalue weighted by molar-refractivity contribution is 0.413. The number of fused-ring (bicyclic) bond motifs is 1. The zero-order valence-corrected chi connectivity index (χ0v) is 13.4. The molecule has 0 saturated carbocycles. The first-order valence-corrected chi connectivity index (χ1v) is 7.84. The lowest BCUT2D eigenvalue weighted by Gasteiger charge is -2.14. The van der Waals surface area contributed by atoms with Crippen molar-refractivity contribution in [3.05, 3.63) is 35.1 Å². The van der Waals surface area contributed by atoms with Crippen molar-refractivity contribution >= 4 is 11.0 Å². The molecule has 0 spiro atoms. The highest BCUT2D eigenvalue weighted by Gasteiger charge is 2.18. The summed E-state index contributed by atoms with van der Waals surface area (Å²) in [6.45, 7) is 11.9. The molecule has 1 N–H and O–H groups in total. The van der Waals surface area contributed by atoms with Gasteiger partial charge in [-0.3, -0.25) is 0 Å². The minimum absolute atomic E-state index is 0.330. The van der Waals surface area contributed by atoms with Crippen LogP contribution >= 0.6 is 0 Å². The lowest BCUT2D eigenvalue weighted by Crippen LogP contribution is -2.20. The fourth-order valence-electron chi connectivity index (χ4n) is 2.80. The molecular weight excluding hydrogens is 246 g/mol. The van der Waals surface area contributed by atoms with Gasteiger partial charge in [-0.2, -0.15) is 0 Å². The molecular formula is C18H27NO. The van der Waals surface area contributed by atoms with Crippen LogP contribution in [0, 0.1) is 6.92 Å². The van der Waals surface area contributed by atoms with E-state index >= 15 is 0 Å². The van der Waals surface area contributed by atoms with Gasteiger partial charge >= 0.3 is 0 Å². The van der Waals surface area contributed by atoms with E-state index in [0.717, 1.165) is 30.7 Å². The van der Waals surface area contributed by atoms with Crippen LogP contribution in [0.1, 0.15) is 69.4 Å². The van der Waals surface area contributed by atoms with Gasteiger partial charge < -0.3 is 9.73 Å².